The third-order valence-corrected chi connectivity index (χ3v) is 2.45. The summed E-state index contributed by atoms with van der Waals surface area (Å²) in [6, 6.07) is 10.9. The molecular weight excluding hydrogens is 258 g/mol. The highest BCUT2D eigenvalue weighted by Gasteiger charge is 2.08. The fourth-order valence-corrected chi connectivity index (χ4v) is 1.67. The van der Waals surface area contributed by atoms with Gasteiger partial charge in [-0.1, -0.05) is 28.1 Å². The van der Waals surface area contributed by atoms with Crippen LogP contribution in [0.1, 0.15) is 10.6 Å². The first-order valence-electron chi connectivity index (χ1n) is 4.32. The van der Waals surface area contributed by atoms with Gasteiger partial charge in [0.15, 0.2) is 5.76 Å². The van der Waals surface area contributed by atoms with E-state index in [0.717, 1.165) is 10.0 Å². The summed E-state index contributed by atoms with van der Waals surface area (Å²) in [5.74, 6) is 0.242. The van der Waals surface area contributed by atoms with E-state index >= 15 is 0 Å². The Hall–Kier alpha value is -1.55. The highest BCUT2D eigenvalue weighted by Crippen LogP contribution is 2.24. The minimum absolute atomic E-state index is 0.171. The fourth-order valence-electron chi connectivity index (χ4n) is 1.27. The molecule has 0 aliphatic rings. The molecule has 2 rings (SSSR count). The van der Waals surface area contributed by atoms with Crippen molar-refractivity contribution in [3.05, 3.63) is 46.6 Å². The number of rotatable bonds is 2. The van der Waals surface area contributed by atoms with Crippen molar-refractivity contribution in [2.24, 2.45) is 5.73 Å². The quantitative estimate of drug-likeness (QED) is 0.908. The van der Waals surface area contributed by atoms with Gasteiger partial charge in [-0.15, -0.1) is 0 Å². The normalized spacial score (nSPS) is 10.2. The minimum atomic E-state index is -0.559. The lowest BCUT2D eigenvalue weighted by atomic mass is 10.2. The number of hydrogen-bond donors (Lipinski definition) is 1. The van der Waals surface area contributed by atoms with Gasteiger partial charge in [0.05, 0.1) is 0 Å². The Labute approximate surface area is 95.0 Å². The van der Waals surface area contributed by atoms with E-state index in [0.29, 0.717) is 5.76 Å². The Morgan fingerprint density at radius 3 is 2.67 bits per heavy atom. The standard InChI is InChI=1S/C11H8BrNO2/c12-8-3-1-2-7(6-8)9-4-5-10(15-9)11(13)14/h1-6H,(H2,13,14). The SMILES string of the molecule is NC(=O)c1ccc(-c2cccc(Br)c2)o1. The number of carbonyl (C=O) groups is 1. The molecule has 2 N–H and O–H groups in total. The zero-order chi connectivity index (χ0) is 10.8. The van der Waals surface area contributed by atoms with E-state index in [1.165, 1.54) is 0 Å². The van der Waals surface area contributed by atoms with Gasteiger partial charge in [-0.2, -0.15) is 0 Å². The predicted octanol–water partition coefficient (Wildman–Crippen LogP) is 2.81. The number of hydrogen-bond acceptors (Lipinski definition) is 2. The summed E-state index contributed by atoms with van der Waals surface area (Å²) in [6.45, 7) is 0. The van der Waals surface area contributed by atoms with Crippen molar-refractivity contribution in [3.63, 3.8) is 0 Å². The maximum absolute atomic E-state index is 10.8. The molecule has 4 heteroatoms. The average molecular weight is 266 g/mol. The van der Waals surface area contributed by atoms with Crippen LogP contribution in [0.25, 0.3) is 11.3 Å². The summed E-state index contributed by atoms with van der Waals surface area (Å²) in [5, 5.41) is 0. The molecule has 76 valence electrons. The molecule has 1 aromatic carbocycles. The van der Waals surface area contributed by atoms with E-state index in [9.17, 15) is 4.79 Å². The van der Waals surface area contributed by atoms with Crippen LogP contribution in [0.2, 0.25) is 0 Å². The summed E-state index contributed by atoms with van der Waals surface area (Å²) >= 11 is 3.36. The lowest BCUT2D eigenvalue weighted by Gasteiger charge is -1.96. The number of amides is 1. The molecule has 15 heavy (non-hydrogen) atoms. The molecule has 0 saturated carbocycles. The second-order valence-corrected chi connectivity index (χ2v) is 3.95. The first-order chi connectivity index (χ1) is 7.16. The topological polar surface area (TPSA) is 56.2 Å². The van der Waals surface area contributed by atoms with Crippen molar-refractivity contribution in [3.8, 4) is 11.3 Å². The van der Waals surface area contributed by atoms with Crippen molar-refractivity contribution >= 4 is 21.8 Å². The Morgan fingerprint density at radius 1 is 1.27 bits per heavy atom. The monoisotopic (exact) mass is 265 g/mol. The molecule has 0 spiro atoms. The molecule has 0 bridgehead atoms. The zero-order valence-corrected chi connectivity index (χ0v) is 9.32. The molecule has 1 heterocycles. The van der Waals surface area contributed by atoms with Gasteiger partial charge in [0, 0.05) is 10.0 Å². The van der Waals surface area contributed by atoms with E-state index in [1.54, 1.807) is 12.1 Å². The third-order valence-electron chi connectivity index (χ3n) is 1.96. The van der Waals surface area contributed by atoms with Gasteiger partial charge in [-0.05, 0) is 24.3 Å². The van der Waals surface area contributed by atoms with Crippen LogP contribution in [0.15, 0.2) is 45.3 Å². The Kier molecular flexibility index (Phi) is 2.60. The van der Waals surface area contributed by atoms with Gasteiger partial charge in [0.2, 0.25) is 0 Å². The minimum Gasteiger partial charge on any atom is -0.451 e. The second-order valence-electron chi connectivity index (χ2n) is 3.04. The van der Waals surface area contributed by atoms with Crippen LogP contribution in [-0.2, 0) is 0 Å². The van der Waals surface area contributed by atoms with Crippen LogP contribution in [0.5, 0.6) is 0 Å². The number of benzene rings is 1. The Bertz CT molecular complexity index is 505. The first-order valence-corrected chi connectivity index (χ1v) is 5.12. The maximum Gasteiger partial charge on any atom is 0.284 e. The van der Waals surface area contributed by atoms with Gasteiger partial charge >= 0.3 is 0 Å². The van der Waals surface area contributed by atoms with Crippen LogP contribution >= 0.6 is 15.9 Å². The highest BCUT2D eigenvalue weighted by atomic mass is 79.9. The van der Waals surface area contributed by atoms with E-state index in [4.69, 9.17) is 10.2 Å². The van der Waals surface area contributed by atoms with Crippen molar-refractivity contribution in [1.82, 2.24) is 0 Å². The van der Waals surface area contributed by atoms with Crippen molar-refractivity contribution in [2.45, 2.75) is 0 Å². The van der Waals surface area contributed by atoms with Crippen molar-refractivity contribution in [2.75, 3.05) is 0 Å². The Morgan fingerprint density at radius 2 is 2.07 bits per heavy atom. The number of nitrogens with two attached hydrogens (primary N) is 1. The average Bonchev–Trinajstić information content (AvgIpc) is 2.66. The van der Waals surface area contributed by atoms with Gasteiger partial charge < -0.3 is 10.2 Å². The maximum atomic E-state index is 10.8. The molecule has 0 atom stereocenters. The van der Waals surface area contributed by atoms with Crippen LogP contribution in [0.4, 0.5) is 0 Å². The molecular formula is C11H8BrNO2. The van der Waals surface area contributed by atoms with Gasteiger partial charge in [-0.3, -0.25) is 4.79 Å². The molecule has 0 fully saturated rings. The molecule has 1 amide bonds. The van der Waals surface area contributed by atoms with Crippen LogP contribution in [0, 0.1) is 0 Å². The molecule has 2 aromatic rings. The second kappa shape index (κ2) is 3.90. The molecule has 0 aliphatic carbocycles. The summed E-state index contributed by atoms with van der Waals surface area (Å²) < 4.78 is 6.25. The van der Waals surface area contributed by atoms with Crippen molar-refractivity contribution < 1.29 is 9.21 Å². The smallest absolute Gasteiger partial charge is 0.284 e. The molecule has 0 radical (unpaired) electrons. The van der Waals surface area contributed by atoms with Gasteiger partial charge in [0.1, 0.15) is 5.76 Å². The van der Waals surface area contributed by atoms with E-state index in [1.807, 2.05) is 24.3 Å². The van der Waals surface area contributed by atoms with Crippen LogP contribution in [0.3, 0.4) is 0 Å². The number of primary amides is 1. The third kappa shape index (κ3) is 2.10. The number of carbonyl (C=O) groups excluding carboxylic acids is 1. The molecule has 0 saturated heterocycles. The fraction of sp³-hybridized carbons (Fsp3) is 0. The summed E-state index contributed by atoms with van der Waals surface area (Å²) in [7, 11) is 0. The zero-order valence-electron chi connectivity index (χ0n) is 7.74. The summed E-state index contributed by atoms with van der Waals surface area (Å²) in [6.07, 6.45) is 0. The Balaban J connectivity index is 2.41. The molecule has 3 nitrogen and oxygen atoms in total. The summed E-state index contributed by atoms with van der Waals surface area (Å²) in [5.41, 5.74) is 5.99. The van der Waals surface area contributed by atoms with Crippen LogP contribution < -0.4 is 5.73 Å². The van der Waals surface area contributed by atoms with Crippen molar-refractivity contribution in [1.29, 1.82) is 0 Å². The first kappa shape index (κ1) is 9.98. The van der Waals surface area contributed by atoms with E-state index in [2.05, 4.69) is 15.9 Å². The lowest BCUT2D eigenvalue weighted by Crippen LogP contribution is -2.09. The number of halogens is 1. The largest absolute Gasteiger partial charge is 0.451 e. The van der Waals surface area contributed by atoms with Gasteiger partial charge in [-0.25, -0.2) is 0 Å². The van der Waals surface area contributed by atoms with Crippen LogP contribution in [-0.4, -0.2) is 5.91 Å². The highest BCUT2D eigenvalue weighted by molar-refractivity contribution is 9.10. The number of furan rings is 1. The van der Waals surface area contributed by atoms with E-state index in [-0.39, 0.29) is 5.76 Å². The molecule has 0 aliphatic heterocycles. The van der Waals surface area contributed by atoms with Gasteiger partial charge in [0.25, 0.3) is 5.91 Å². The summed E-state index contributed by atoms with van der Waals surface area (Å²) in [4.78, 5) is 10.8. The lowest BCUT2D eigenvalue weighted by molar-refractivity contribution is 0.0975. The molecule has 0 unspecified atom stereocenters. The molecule has 1 aromatic heterocycles. The predicted molar refractivity (Wildman–Crippen MR) is 60.4 cm³/mol. The van der Waals surface area contributed by atoms with E-state index < -0.39 is 5.91 Å².